The van der Waals surface area contributed by atoms with Crippen molar-refractivity contribution in [3.8, 4) is 0 Å². The molecule has 0 amide bonds. The molecule has 3 aliphatic rings. The molecule has 3 rings (SSSR count). The maximum atomic E-state index is 3.72. The molecular formula is C17H32N2. The minimum atomic E-state index is 0.790. The molecule has 3 fully saturated rings. The minimum Gasteiger partial charge on any atom is -0.314 e. The molecule has 0 bridgehead atoms. The van der Waals surface area contributed by atoms with Crippen molar-refractivity contribution in [3.05, 3.63) is 0 Å². The third-order valence-electron chi connectivity index (χ3n) is 5.98. The molecule has 2 heterocycles. The van der Waals surface area contributed by atoms with Gasteiger partial charge in [-0.3, -0.25) is 0 Å². The number of hydrogen-bond donors (Lipinski definition) is 1. The van der Waals surface area contributed by atoms with Gasteiger partial charge in [0.2, 0.25) is 0 Å². The fraction of sp³-hybridized carbons (Fsp3) is 1.00. The van der Waals surface area contributed by atoms with Gasteiger partial charge >= 0.3 is 0 Å². The first-order chi connectivity index (χ1) is 9.33. The van der Waals surface area contributed by atoms with Crippen molar-refractivity contribution >= 4 is 0 Å². The summed E-state index contributed by atoms with van der Waals surface area (Å²) < 4.78 is 0. The van der Waals surface area contributed by atoms with E-state index in [1.54, 1.807) is 0 Å². The van der Waals surface area contributed by atoms with Gasteiger partial charge in [-0.1, -0.05) is 25.7 Å². The Bertz CT molecular complexity index is 272. The molecule has 0 aromatic carbocycles. The first-order valence-corrected chi connectivity index (χ1v) is 8.80. The van der Waals surface area contributed by atoms with Crippen LogP contribution in [0.1, 0.15) is 64.7 Å². The number of hydrogen-bond acceptors (Lipinski definition) is 2. The van der Waals surface area contributed by atoms with Crippen LogP contribution in [0.3, 0.4) is 0 Å². The third kappa shape index (κ3) is 3.52. The van der Waals surface area contributed by atoms with Gasteiger partial charge in [-0.15, -0.1) is 0 Å². The van der Waals surface area contributed by atoms with Crippen molar-refractivity contribution < 1.29 is 0 Å². The van der Waals surface area contributed by atoms with Gasteiger partial charge in [0.15, 0.2) is 0 Å². The number of nitrogens with zero attached hydrogens (tertiary/aromatic N) is 1. The maximum absolute atomic E-state index is 3.72. The fourth-order valence-electron chi connectivity index (χ4n) is 4.72. The maximum Gasteiger partial charge on any atom is 0.00818 e. The molecular weight excluding hydrogens is 232 g/mol. The molecule has 110 valence electrons. The predicted octanol–water partition coefficient (Wildman–Crippen LogP) is 3.42. The molecule has 4 atom stereocenters. The number of piperidine rings is 2. The highest BCUT2D eigenvalue weighted by molar-refractivity contribution is 4.87. The third-order valence-corrected chi connectivity index (χ3v) is 5.98. The molecule has 2 saturated heterocycles. The SMILES string of the molecule is CC(CC1CCCCN1)N1CCC2CCCCC2C1. The molecule has 0 spiro atoms. The molecule has 1 aliphatic carbocycles. The monoisotopic (exact) mass is 264 g/mol. The number of rotatable bonds is 3. The summed E-state index contributed by atoms with van der Waals surface area (Å²) in [6.45, 7) is 6.50. The summed E-state index contributed by atoms with van der Waals surface area (Å²) >= 11 is 0. The Morgan fingerprint density at radius 2 is 1.79 bits per heavy atom. The van der Waals surface area contributed by atoms with Crippen molar-refractivity contribution in [1.82, 2.24) is 10.2 Å². The summed E-state index contributed by atoms with van der Waals surface area (Å²) in [7, 11) is 0. The quantitative estimate of drug-likeness (QED) is 0.840. The van der Waals surface area contributed by atoms with Crippen LogP contribution in [0.4, 0.5) is 0 Å². The zero-order valence-corrected chi connectivity index (χ0v) is 12.7. The van der Waals surface area contributed by atoms with E-state index in [-0.39, 0.29) is 0 Å². The molecule has 2 aliphatic heterocycles. The van der Waals surface area contributed by atoms with Gasteiger partial charge in [0.25, 0.3) is 0 Å². The molecule has 1 N–H and O–H groups in total. The van der Waals surface area contributed by atoms with Crippen molar-refractivity contribution in [1.29, 1.82) is 0 Å². The Labute approximate surface area is 119 Å². The lowest BCUT2D eigenvalue weighted by atomic mass is 9.75. The van der Waals surface area contributed by atoms with Crippen LogP contribution >= 0.6 is 0 Å². The van der Waals surface area contributed by atoms with Crippen LogP contribution in [0, 0.1) is 11.8 Å². The zero-order chi connectivity index (χ0) is 13.1. The van der Waals surface area contributed by atoms with Crippen LogP contribution in [-0.2, 0) is 0 Å². The molecule has 4 unspecified atom stereocenters. The van der Waals surface area contributed by atoms with Crippen LogP contribution in [0.15, 0.2) is 0 Å². The Morgan fingerprint density at radius 3 is 2.58 bits per heavy atom. The number of fused-ring (bicyclic) bond motifs is 1. The highest BCUT2D eigenvalue weighted by Gasteiger charge is 2.33. The largest absolute Gasteiger partial charge is 0.314 e. The number of nitrogens with one attached hydrogen (secondary N) is 1. The fourth-order valence-corrected chi connectivity index (χ4v) is 4.72. The van der Waals surface area contributed by atoms with E-state index in [2.05, 4.69) is 17.1 Å². The first-order valence-electron chi connectivity index (χ1n) is 8.80. The molecule has 1 saturated carbocycles. The van der Waals surface area contributed by atoms with Gasteiger partial charge < -0.3 is 10.2 Å². The standard InChI is InChI=1S/C17H32N2/c1-14(12-17-8-4-5-10-18-17)19-11-9-15-6-2-3-7-16(15)13-19/h14-18H,2-13H2,1H3. The molecule has 19 heavy (non-hydrogen) atoms. The van der Waals surface area contributed by atoms with Gasteiger partial charge in [0.1, 0.15) is 0 Å². The second kappa shape index (κ2) is 6.58. The average Bonchev–Trinajstić information content (AvgIpc) is 2.48. The van der Waals surface area contributed by atoms with Crippen LogP contribution in [0.25, 0.3) is 0 Å². The van der Waals surface area contributed by atoms with Crippen molar-refractivity contribution in [2.45, 2.75) is 76.8 Å². The molecule has 2 heteroatoms. The van der Waals surface area contributed by atoms with E-state index in [1.165, 1.54) is 77.4 Å². The Morgan fingerprint density at radius 1 is 1.00 bits per heavy atom. The summed E-state index contributed by atoms with van der Waals surface area (Å²) in [4.78, 5) is 2.81. The van der Waals surface area contributed by atoms with Gasteiger partial charge in [0.05, 0.1) is 0 Å². The van der Waals surface area contributed by atoms with Crippen LogP contribution in [0.5, 0.6) is 0 Å². The van der Waals surface area contributed by atoms with E-state index in [9.17, 15) is 0 Å². The summed E-state index contributed by atoms with van der Waals surface area (Å²) in [5.74, 6) is 2.11. The summed E-state index contributed by atoms with van der Waals surface area (Å²) in [5, 5.41) is 3.72. The normalized spacial score (nSPS) is 38.7. The summed E-state index contributed by atoms with van der Waals surface area (Å²) in [6.07, 6.45) is 13.1. The molecule has 0 radical (unpaired) electrons. The van der Waals surface area contributed by atoms with Gasteiger partial charge in [-0.2, -0.15) is 0 Å². The van der Waals surface area contributed by atoms with E-state index in [0.29, 0.717) is 0 Å². The van der Waals surface area contributed by atoms with Crippen molar-refractivity contribution in [2.75, 3.05) is 19.6 Å². The summed E-state index contributed by atoms with van der Waals surface area (Å²) in [6, 6.07) is 1.59. The van der Waals surface area contributed by atoms with Crippen LogP contribution in [0.2, 0.25) is 0 Å². The summed E-state index contributed by atoms with van der Waals surface area (Å²) in [5.41, 5.74) is 0. The van der Waals surface area contributed by atoms with Gasteiger partial charge in [-0.25, -0.2) is 0 Å². The highest BCUT2D eigenvalue weighted by atomic mass is 15.2. The van der Waals surface area contributed by atoms with E-state index in [4.69, 9.17) is 0 Å². The smallest absolute Gasteiger partial charge is 0.00818 e. The van der Waals surface area contributed by atoms with Gasteiger partial charge in [0, 0.05) is 18.6 Å². The molecule has 0 aromatic rings. The Balaban J connectivity index is 1.48. The Hall–Kier alpha value is -0.0800. The van der Waals surface area contributed by atoms with E-state index in [1.807, 2.05) is 0 Å². The second-order valence-corrected chi connectivity index (χ2v) is 7.32. The predicted molar refractivity (Wildman–Crippen MR) is 81.4 cm³/mol. The van der Waals surface area contributed by atoms with E-state index in [0.717, 1.165) is 23.9 Å². The zero-order valence-electron chi connectivity index (χ0n) is 12.7. The lowest BCUT2D eigenvalue weighted by Crippen LogP contribution is -2.48. The van der Waals surface area contributed by atoms with Crippen molar-refractivity contribution in [2.24, 2.45) is 11.8 Å². The highest BCUT2D eigenvalue weighted by Crippen LogP contribution is 2.36. The minimum absolute atomic E-state index is 0.790. The average molecular weight is 264 g/mol. The van der Waals surface area contributed by atoms with E-state index >= 15 is 0 Å². The second-order valence-electron chi connectivity index (χ2n) is 7.32. The number of likely N-dealkylation sites (tertiary alicyclic amines) is 1. The topological polar surface area (TPSA) is 15.3 Å². The lowest BCUT2D eigenvalue weighted by molar-refractivity contribution is 0.0550. The molecule has 2 nitrogen and oxygen atoms in total. The van der Waals surface area contributed by atoms with Crippen LogP contribution < -0.4 is 5.32 Å². The first kappa shape index (κ1) is 13.9. The lowest BCUT2D eigenvalue weighted by Gasteiger charge is -2.44. The molecule has 0 aromatic heterocycles. The van der Waals surface area contributed by atoms with E-state index < -0.39 is 0 Å². The Kier molecular flexibility index (Phi) is 4.81. The van der Waals surface area contributed by atoms with Crippen molar-refractivity contribution in [3.63, 3.8) is 0 Å². The van der Waals surface area contributed by atoms with Crippen LogP contribution in [-0.4, -0.2) is 36.6 Å². The van der Waals surface area contributed by atoms with Gasteiger partial charge in [-0.05, 0) is 64.0 Å².